The van der Waals surface area contributed by atoms with Crippen molar-refractivity contribution in [3.8, 4) is 0 Å². The van der Waals surface area contributed by atoms with E-state index in [2.05, 4.69) is 15.8 Å². The van der Waals surface area contributed by atoms with E-state index in [1.165, 1.54) is 18.2 Å². The Morgan fingerprint density at radius 2 is 1.35 bits per heavy atom. The van der Waals surface area contributed by atoms with Crippen LogP contribution < -0.4 is 10.7 Å². The highest BCUT2D eigenvalue weighted by Crippen LogP contribution is 2.23. The fraction of sp³-hybridized carbons (Fsp3) is 0.0455. The number of benzene rings is 3. The van der Waals surface area contributed by atoms with Gasteiger partial charge in [-0.25, -0.2) is 5.43 Å². The van der Waals surface area contributed by atoms with Crippen LogP contribution in [0.3, 0.4) is 0 Å². The zero-order valence-corrected chi connectivity index (χ0v) is 19.1. The third-order valence-corrected chi connectivity index (χ3v) is 5.31. The van der Waals surface area contributed by atoms with E-state index in [0.717, 1.165) is 0 Å². The fourth-order valence-electron chi connectivity index (χ4n) is 2.63. The number of amides is 2. The average Bonchev–Trinajstić information content (AvgIpc) is 2.71. The van der Waals surface area contributed by atoms with Gasteiger partial charge in [-0.1, -0.05) is 58.5 Å². The summed E-state index contributed by atoms with van der Waals surface area (Å²) in [5.41, 5.74) is 4.77. The maximum Gasteiger partial charge on any atom is 0.272 e. The molecule has 3 rings (SSSR count). The molecule has 0 aromatic heterocycles. The summed E-state index contributed by atoms with van der Waals surface area (Å²) in [6.07, 6.45) is 0. The molecule has 0 aliphatic heterocycles. The van der Waals surface area contributed by atoms with Crippen LogP contribution in [0, 0.1) is 0 Å². The Balaban J connectivity index is 1.72. The predicted molar refractivity (Wildman–Crippen MR) is 127 cm³/mol. The van der Waals surface area contributed by atoms with Gasteiger partial charge in [-0.05, 0) is 61.0 Å². The van der Waals surface area contributed by atoms with E-state index < -0.39 is 5.91 Å². The molecule has 0 aliphatic carbocycles. The number of hydrogen-bond donors (Lipinski definition) is 2. The maximum atomic E-state index is 12.5. The van der Waals surface area contributed by atoms with Gasteiger partial charge in [0.1, 0.15) is 0 Å². The molecule has 0 saturated carbocycles. The maximum absolute atomic E-state index is 12.5. The van der Waals surface area contributed by atoms with Crippen molar-refractivity contribution in [3.05, 3.63) is 97.4 Å². The summed E-state index contributed by atoms with van der Waals surface area (Å²) >= 11 is 23.9. The highest BCUT2D eigenvalue weighted by atomic mass is 35.5. The Morgan fingerprint density at radius 3 is 1.94 bits per heavy atom. The fourth-order valence-corrected chi connectivity index (χ4v) is 3.62. The van der Waals surface area contributed by atoms with Crippen molar-refractivity contribution in [1.29, 1.82) is 0 Å². The quantitative estimate of drug-likeness (QED) is 0.305. The summed E-state index contributed by atoms with van der Waals surface area (Å²) in [5.74, 6) is -0.845. The van der Waals surface area contributed by atoms with Gasteiger partial charge in [-0.2, -0.15) is 5.10 Å². The molecule has 2 N–H and O–H groups in total. The van der Waals surface area contributed by atoms with E-state index in [1.54, 1.807) is 49.4 Å². The smallest absolute Gasteiger partial charge is 0.272 e. The Hall–Kier alpha value is -2.57. The summed E-state index contributed by atoms with van der Waals surface area (Å²) in [7, 11) is 0. The van der Waals surface area contributed by atoms with Gasteiger partial charge in [-0.3, -0.25) is 9.59 Å². The van der Waals surface area contributed by atoms with Crippen molar-refractivity contribution >= 4 is 69.6 Å². The molecule has 3 aromatic carbocycles. The standard InChI is InChI=1S/C22H15Cl4N3O2/c1-12(28-29-22(31)18-8-6-15(24)11-20(18)26)13-3-2-4-16(9-13)27-21(30)17-7-5-14(23)10-19(17)25/h2-11H,1H3,(H,27,30)(H,29,31). The normalized spacial score (nSPS) is 11.2. The molecule has 0 radical (unpaired) electrons. The summed E-state index contributed by atoms with van der Waals surface area (Å²) in [6, 6.07) is 16.2. The molecule has 0 saturated heterocycles. The van der Waals surface area contributed by atoms with Crippen LogP contribution in [0.1, 0.15) is 33.2 Å². The van der Waals surface area contributed by atoms with E-state index in [-0.39, 0.29) is 21.5 Å². The molecule has 3 aromatic rings. The molecule has 0 fully saturated rings. The number of carbonyl (C=O) groups excluding carboxylic acids is 2. The largest absolute Gasteiger partial charge is 0.322 e. The SMILES string of the molecule is CC(=NNC(=O)c1ccc(Cl)cc1Cl)c1cccc(NC(=O)c2ccc(Cl)cc2Cl)c1. The van der Waals surface area contributed by atoms with E-state index in [1.807, 2.05) is 0 Å². The van der Waals surface area contributed by atoms with Crippen molar-refractivity contribution in [3.63, 3.8) is 0 Å². The van der Waals surface area contributed by atoms with Crippen LogP contribution in [0.15, 0.2) is 65.8 Å². The Bertz CT molecular complexity index is 1200. The van der Waals surface area contributed by atoms with E-state index in [9.17, 15) is 9.59 Å². The Labute approximate surface area is 199 Å². The molecule has 0 atom stereocenters. The molecule has 5 nitrogen and oxygen atoms in total. The number of nitrogens with zero attached hydrogens (tertiary/aromatic N) is 1. The molecule has 158 valence electrons. The number of anilines is 1. The second kappa shape index (κ2) is 10.2. The van der Waals surface area contributed by atoms with Gasteiger partial charge < -0.3 is 5.32 Å². The van der Waals surface area contributed by atoms with Crippen LogP contribution in [0.25, 0.3) is 0 Å². The highest BCUT2D eigenvalue weighted by Gasteiger charge is 2.13. The number of halogens is 4. The first kappa shape index (κ1) is 23.1. The topological polar surface area (TPSA) is 70.6 Å². The molecule has 0 unspecified atom stereocenters. The molecule has 9 heteroatoms. The lowest BCUT2D eigenvalue weighted by molar-refractivity contribution is 0.0954. The third-order valence-electron chi connectivity index (χ3n) is 4.21. The van der Waals surface area contributed by atoms with Crippen LogP contribution in [0.4, 0.5) is 5.69 Å². The molecular formula is C22H15Cl4N3O2. The zero-order chi connectivity index (χ0) is 22.5. The number of rotatable bonds is 5. The first-order chi connectivity index (χ1) is 14.7. The van der Waals surface area contributed by atoms with Crippen LogP contribution in [0.2, 0.25) is 20.1 Å². The van der Waals surface area contributed by atoms with Crippen LogP contribution >= 0.6 is 46.4 Å². The third kappa shape index (κ3) is 5.99. The second-order valence-electron chi connectivity index (χ2n) is 6.42. The molecule has 0 heterocycles. The van der Waals surface area contributed by atoms with Gasteiger partial charge in [0.05, 0.1) is 26.9 Å². The lowest BCUT2D eigenvalue weighted by Crippen LogP contribution is -2.19. The first-order valence-electron chi connectivity index (χ1n) is 8.91. The zero-order valence-electron chi connectivity index (χ0n) is 16.0. The summed E-state index contributed by atoms with van der Waals surface area (Å²) in [6.45, 7) is 1.72. The molecule has 0 bridgehead atoms. The van der Waals surface area contributed by atoms with Crippen molar-refractivity contribution < 1.29 is 9.59 Å². The number of carbonyl (C=O) groups is 2. The van der Waals surface area contributed by atoms with Crippen molar-refractivity contribution in [1.82, 2.24) is 5.43 Å². The molecule has 0 spiro atoms. The lowest BCUT2D eigenvalue weighted by Gasteiger charge is -2.09. The summed E-state index contributed by atoms with van der Waals surface area (Å²) < 4.78 is 0. The molecular weight excluding hydrogens is 480 g/mol. The molecule has 31 heavy (non-hydrogen) atoms. The predicted octanol–water partition coefficient (Wildman–Crippen LogP) is 6.71. The van der Waals surface area contributed by atoms with Gasteiger partial charge in [-0.15, -0.1) is 0 Å². The minimum absolute atomic E-state index is 0.225. The van der Waals surface area contributed by atoms with E-state index in [4.69, 9.17) is 46.4 Å². The minimum Gasteiger partial charge on any atom is -0.322 e. The van der Waals surface area contributed by atoms with Gasteiger partial charge in [0, 0.05) is 15.7 Å². The Kier molecular flexibility index (Phi) is 7.57. The van der Waals surface area contributed by atoms with Gasteiger partial charge in [0.2, 0.25) is 0 Å². The van der Waals surface area contributed by atoms with Crippen LogP contribution in [0.5, 0.6) is 0 Å². The number of nitrogens with one attached hydrogen (secondary N) is 2. The van der Waals surface area contributed by atoms with E-state index in [0.29, 0.717) is 32.6 Å². The summed E-state index contributed by atoms with van der Waals surface area (Å²) in [4.78, 5) is 24.8. The lowest BCUT2D eigenvalue weighted by atomic mass is 10.1. The van der Waals surface area contributed by atoms with Crippen molar-refractivity contribution in [2.45, 2.75) is 6.92 Å². The van der Waals surface area contributed by atoms with Gasteiger partial charge in [0.15, 0.2) is 0 Å². The summed E-state index contributed by atoms with van der Waals surface area (Å²) in [5, 5.41) is 8.24. The molecule has 2 amide bonds. The van der Waals surface area contributed by atoms with Crippen molar-refractivity contribution in [2.75, 3.05) is 5.32 Å². The minimum atomic E-state index is -0.470. The van der Waals surface area contributed by atoms with Crippen LogP contribution in [-0.2, 0) is 0 Å². The van der Waals surface area contributed by atoms with Crippen molar-refractivity contribution in [2.24, 2.45) is 5.10 Å². The number of hydrazone groups is 1. The second-order valence-corrected chi connectivity index (χ2v) is 8.11. The van der Waals surface area contributed by atoms with E-state index >= 15 is 0 Å². The monoisotopic (exact) mass is 493 g/mol. The number of hydrogen-bond acceptors (Lipinski definition) is 3. The highest BCUT2D eigenvalue weighted by molar-refractivity contribution is 6.37. The van der Waals surface area contributed by atoms with Gasteiger partial charge >= 0.3 is 0 Å². The van der Waals surface area contributed by atoms with Gasteiger partial charge in [0.25, 0.3) is 11.8 Å². The Morgan fingerprint density at radius 1 is 0.774 bits per heavy atom. The first-order valence-corrected chi connectivity index (χ1v) is 10.4. The molecule has 0 aliphatic rings. The van der Waals surface area contributed by atoms with Crippen LogP contribution in [-0.4, -0.2) is 17.5 Å². The average molecular weight is 495 g/mol.